The van der Waals surface area contributed by atoms with E-state index in [0.29, 0.717) is 53.7 Å². The lowest BCUT2D eigenvalue weighted by molar-refractivity contribution is -0.141. The molecule has 3 N–H and O–H groups in total. The van der Waals surface area contributed by atoms with Gasteiger partial charge in [0.2, 0.25) is 11.8 Å². The molecule has 3 aromatic heterocycles. The van der Waals surface area contributed by atoms with Crippen molar-refractivity contribution in [3.63, 3.8) is 0 Å². The minimum atomic E-state index is -4.88. The zero-order valence-corrected chi connectivity index (χ0v) is 28.3. The van der Waals surface area contributed by atoms with Crippen LogP contribution >= 0.6 is 23.2 Å². The van der Waals surface area contributed by atoms with Crippen LogP contribution in [0.1, 0.15) is 24.2 Å². The third kappa shape index (κ3) is 6.63. The Morgan fingerprint density at radius 3 is 2.38 bits per heavy atom. The van der Waals surface area contributed by atoms with Crippen LogP contribution < -0.4 is 31.9 Å². The fourth-order valence-electron chi connectivity index (χ4n) is 5.73. The molecule has 12 nitrogen and oxygen atoms in total. The quantitative estimate of drug-likeness (QED) is 0.187. The van der Waals surface area contributed by atoms with E-state index in [1.54, 1.807) is 36.5 Å². The van der Waals surface area contributed by atoms with E-state index in [1.165, 1.54) is 27.3 Å². The van der Waals surface area contributed by atoms with Crippen molar-refractivity contribution in [1.29, 1.82) is 0 Å². The van der Waals surface area contributed by atoms with Crippen LogP contribution in [-0.4, -0.2) is 49.7 Å². The summed E-state index contributed by atoms with van der Waals surface area (Å²) in [6.07, 6.45) is -2.06. The Labute approximate surface area is 292 Å². The molecule has 1 atom stereocenters. The molecule has 2 aromatic carbocycles. The van der Waals surface area contributed by atoms with Gasteiger partial charge in [-0.1, -0.05) is 53.5 Å². The number of carbonyl (C=O) groups is 1. The van der Waals surface area contributed by atoms with Crippen LogP contribution in [0.15, 0.2) is 58.3 Å². The Kier molecular flexibility index (Phi) is 9.57. The number of halogens is 5. The van der Waals surface area contributed by atoms with Gasteiger partial charge in [0.05, 0.1) is 40.2 Å². The fraction of sp³-hybridized carbons (Fsp3) is 0.273. The number of carbonyl (C=O) groups excluding carboxylic acids is 1. The van der Waals surface area contributed by atoms with Gasteiger partial charge in [0.15, 0.2) is 0 Å². The SMILES string of the molecule is COc1nc(-c2cccc(-c3cccc(Nc4nc(C(F)(F)F)cc5c4c(=O)n(C)c(=O)n5C)c3Cl)c2Cl)cnc1CNCC1CCC(=O)N1. The second kappa shape index (κ2) is 13.7. The summed E-state index contributed by atoms with van der Waals surface area (Å²) in [5, 5.41) is 9.06. The second-order valence-corrected chi connectivity index (χ2v) is 12.3. The molecule has 1 aliphatic rings. The zero-order valence-electron chi connectivity index (χ0n) is 26.8. The number of hydrogen-bond acceptors (Lipinski definition) is 9. The maximum atomic E-state index is 13.9. The summed E-state index contributed by atoms with van der Waals surface area (Å²) in [6.45, 7) is 0.918. The molecule has 0 aliphatic carbocycles. The Morgan fingerprint density at radius 1 is 1.00 bits per heavy atom. The van der Waals surface area contributed by atoms with Gasteiger partial charge in [-0.25, -0.2) is 14.8 Å². The number of rotatable bonds is 9. The highest BCUT2D eigenvalue weighted by molar-refractivity contribution is 6.39. The van der Waals surface area contributed by atoms with Crippen molar-refractivity contribution in [1.82, 2.24) is 34.7 Å². The van der Waals surface area contributed by atoms with Crippen molar-refractivity contribution in [3.05, 3.63) is 90.9 Å². The molecule has 4 heterocycles. The van der Waals surface area contributed by atoms with E-state index in [-0.39, 0.29) is 44.5 Å². The fourth-order valence-corrected chi connectivity index (χ4v) is 6.33. The average molecular weight is 730 g/mol. The van der Waals surface area contributed by atoms with E-state index >= 15 is 0 Å². The van der Waals surface area contributed by atoms with Gasteiger partial charge in [0, 0.05) is 56.3 Å². The van der Waals surface area contributed by atoms with Crippen molar-refractivity contribution in [3.8, 4) is 28.3 Å². The molecule has 1 aliphatic heterocycles. The van der Waals surface area contributed by atoms with Crippen molar-refractivity contribution in [2.45, 2.75) is 31.6 Å². The number of hydrogen-bond donors (Lipinski definition) is 3. The van der Waals surface area contributed by atoms with E-state index in [4.69, 9.17) is 27.9 Å². The third-order valence-electron chi connectivity index (χ3n) is 8.33. The van der Waals surface area contributed by atoms with Gasteiger partial charge in [-0.3, -0.25) is 23.7 Å². The first-order chi connectivity index (χ1) is 23.8. The minimum absolute atomic E-state index is 0.0319. The van der Waals surface area contributed by atoms with Crippen LogP contribution in [0.4, 0.5) is 24.7 Å². The lowest BCUT2D eigenvalue weighted by Crippen LogP contribution is -2.37. The summed E-state index contributed by atoms with van der Waals surface area (Å²) < 4.78 is 48.9. The number of aryl methyl sites for hydroxylation is 1. The predicted octanol–water partition coefficient (Wildman–Crippen LogP) is 5.20. The number of ether oxygens (including phenoxy) is 1. The van der Waals surface area contributed by atoms with Gasteiger partial charge in [-0.15, -0.1) is 0 Å². The number of aromatic nitrogens is 5. The molecule has 1 unspecified atom stereocenters. The molecule has 0 saturated carbocycles. The molecule has 0 spiro atoms. The van der Waals surface area contributed by atoms with Crippen LogP contribution in [0.3, 0.4) is 0 Å². The molecular formula is C33H29Cl2F3N8O4. The van der Waals surface area contributed by atoms with Gasteiger partial charge in [-0.2, -0.15) is 13.2 Å². The van der Waals surface area contributed by atoms with Gasteiger partial charge < -0.3 is 20.7 Å². The van der Waals surface area contributed by atoms with Gasteiger partial charge >= 0.3 is 11.9 Å². The number of nitrogens with one attached hydrogen (secondary N) is 3. The van der Waals surface area contributed by atoms with E-state index in [0.717, 1.165) is 15.6 Å². The molecule has 0 radical (unpaired) electrons. The smallest absolute Gasteiger partial charge is 0.433 e. The summed E-state index contributed by atoms with van der Waals surface area (Å²) in [5.74, 6) is -0.125. The first-order valence-corrected chi connectivity index (χ1v) is 16.0. The molecule has 1 saturated heterocycles. The summed E-state index contributed by atoms with van der Waals surface area (Å²) in [6, 6.07) is 10.7. The normalized spacial score (nSPS) is 14.6. The van der Waals surface area contributed by atoms with E-state index in [9.17, 15) is 27.6 Å². The van der Waals surface area contributed by atoms with Crippen molar-refractivity contribution >= 4 is 51.5 Å². The Morgan fingerprint density at radius 2 is 1.70 bits per heavy atom. The topological polar surface area (TPSA) is 145 Å². The summed E-state index contributed by atoms with van der Waals surface area (Å²) in [7, 11) is 3.96. The molecule has 1 amide bonds. The van der Waals surface area contributed by atoms with Crippen molar-refractivity contribution in [2.24, 2.45) is 14.1 Å². The number of anilines is 2. The van der Waals surface area contributed by atoms with Crippen LogP contribution in [-0.2, 0) is 31.6 Å². The highest BCUT2D eigenvalue weighted by atomic mass is 35.5. The molecule has 6 rings (SSSR count). The summed E-state index contributed by atoms with van der Waals surface area (Å²) in [5.41, 5.74) is -0.707. The maximum Gasteiger partial charge on any atom is 0.433 e. The van der Waals surface area contributed by atoms with E-state index < -0.39 is 28.9 Å². The largest absolute Gasteiger partial charge is 0.480 e. The first-order valence-electron chi connectivity index (χ1n) is 15.2. The van der Waals surface area contributed by atoms with Crippen LogP contribution in [0.25, 0.3) is 33.3 Å². The molecular weight excluding hydrogens is 700 g/mol. The molecule has 1 fully saturated rings. The van der Waals surface area contributed by atoms with Gasteiger partial charge in [0.1, 0.15) is 22.6 Å². The minimum Gasteiger partial charge on any atom is -0.480 e. The Bertz CT molecular complexity index is 2280. The van der Waals surface area contributed by atoms with Gasteiger partial charge in [-0.05, 0) is 18.6 Å². The zero-order chi connectivity index (χ0) is 35.9. The third-order valence-corrected chi connectivity index (χ3v) is 9.15. The number of benzene rings is 2. The van der Waals surface area contributed by atoms with Crippen LogP contribution in [0.5, 0.6) is 5.88 Å². The lowest BCUT2D eigenvalue weighted by atomic mass is 10.0. The molecule has 260 valence electrons. The number of nitrogens with zero attached hydrogens (tertiary/aromatic N) is 5. The lowest BCUT2D eigenvalue weighted by Gasteiger charge is -2.17. The number of amides is 1. The molecule has 50 heavy (non-hydrogen) atoms. The van der Waals surface area contributed by atoms with E-state index in [1.807, 2.05) is 0 Å². The van der Waals surface area contributed by atoms with Crippen molar-refractivity contribution in [2.75, 3.05) is 19.0 Å². The second-order valence-electron chi connectivity index (χ2n) is 11.6. The summed E-state index contributed by atoms with van der Waals surface area (Å²) in [4.78, 5) is 50.0. The van der Waals surface area contributed by atoms with Gasteiger partial charge in [0.25, 0.3) is 5.56 Å². The first kappa shape index (κ1) is 34.9. The highest BCUT2D eigenvalue weighted by Crippen LogP contribution is 2.42. The number of pyridine rings is 1. The summed E-state index contributed by atoms with van der Waals surface area (Å²) >= 11 is 13.8. The number of methoxy groups -OCH3 is 1. The average Bonchev–Trinajstić information content (AvgIpc) is 3.51. The number of fused-ring (bicyclic) bond motifs is 1. The Balaban J connectivity index is 1.34. The Hall–Kier alpha value is -4.99. The van der Waals surface area contributed by atoms with Crippen LogP contribution in [0.2, 0.25) is 10.0 Å². The molecule has 5 aromatic rings. The standard InChI is InChI=1S/C33H29Cl2F3N8O4/c1-45-23-12-24(33(36,37)38)44-29(26(23)31(48)46(2)32(45)49)42-20-9-5-7-18(28(20)35)17-6-4-8-19(27(17)34)21-15-40-22(30(43-21)50-3)14-39-13-16-10-11-25(47)41-16/h4-9,12,15-16,39H,10-11,13-14H2,1-3H3,(H,41,47)(H,42,44). The molecule has 17 heteroatoms. The van der Waals surface area contributed by atoms with Crippen LogP contribution in [0, 0.1) is 0 Å². The predicted molar refractivity (Wildman–Crippen MR) is 183 cm³/mol. The molecule has 0 bridgehead atoms. The highest BCUT2D eigenvalue weighted by Gasteiger charge is 2.34. The van der Waals surface area contributed by atoms with Crippen molar-refractivity contribution < 1.29 is 22.7 Å². The monoisotopic (exact) mass is 728 g/mol. The van der Waals surface area contributed by atoms with E-state index in [2.05, 4.69) is 30.9 Å². The maximum absolute atomic E-state index is 13.9. The number of alkyl halides is 3.